The maximum Gasteiger partial charge on any atom is 0.300 e. The third-order valence-electron chi connectivity index (χ3n) is 6.15. The second-order valence-electron chi connectivity index (χ2n) is 8.53. The number of ether oxygens (including phenoxy) is 2. The van der Waals surface area contributed by atoms with E-state index in [4.69, 9.17) is 9.47 Å². The lowest BCUT2D eigenvalue weighted by molar-refractivity contribution is -0.132. The number of amides is 1. The summed E-state index contributed by atoms with van der Waals surface area (Å²) in [7, 11) is 6.80. The molecule has 1 heterocycles. The Balaban J connectivity index is 1.99. The minimum atomic E-state index is -0.844. The van der Waals surface area contributed by atoms with Crippen molar-refractivity contribution in [1.82, 2.24) is 0 Å². The van der Waals surface area contributed by atoms with Gasteiger partial charge >= 0.3 is 0 Å². The van der Waals surface area contributed by atoms with Crippen LogP contribution in [0, 0.1) is 6.92 Å². The van der Waals surface area contributed by atoms with Gasteiger partial charge in [-0.1, -0.05) is 35.9 Å². The van der Waals surface area contributed by atoms with Crippen molar-refractivity contribution < 1.29 is 24.2 Å². The number of aryl methyl sites for hydroxylation is 1. The molecule has 3 aromatic rings. The van der Waals surface area contributed by atoms with Gasteiger partial charge in [-0.25, -0.2) is 0 Å². The van der Waals surface area contributed by atoms with Gasteiger partial charge in [-0.15, -0.1) is 0 Å². The zero-order valence-electron chi connectivity index (χ0n) is 20.4. The molecular formula is C28H28N2O5. The molecule has 1 fully saturated rings. The lowest BCUT2D eigenvalue weighted by Gasteiger charge is -2.26. The predicted molar refractivity (Wildman–Crippen MR) is 136 cm³/mol. The minimum absolute atomic E-state index is 0.0315. The topological polar surface area (TPSA) is 79.3 Å². The number of hydrogen-bond donors (Lipinski definition) is 1. The van der Waals surface area contributed by atoms with Crippen LogP contribution in [0.5, 0.6) is 11.5 Å². The van der Waals surface area contributed by atoms with E-state index in [1.54, 1.807) is 30.3 Å². The maximum absolute atomic E-state index is 13.4. The van der Waals surface area contributed by atoms with Crippen LogP contribution in [0.1, 0.15) is 22.7 Å². The van der Waals surface area contributed by atoms with Gasteiger partial charge in [0.05, 0.1) is 25.8 Å². The van der Waals surface area contributed by atoms with E-state index in [1.807, 2.05) is 62.3 Å². The molecule has 1 unspecified atom stereocenters. The Labute approximate surface area is 204 Å². The molecule has 1 aliphatic heterocycles. The molecule has 7 nitrogen and oxygen atoms in total. The SMILES string of the molecule is COc1cccc(OC)c1/C(O)=C1\C(=O)C(=O)N(c2ccc(C)cc2)C1c1ccc(N(C)C)cc1. The summed E-state index contributed by atoms with van der Waals surface area (Å²) in [5.74, 6) is -1.20. The number of anilines is 2. The lowest BCUT2D eigenvalue weighted by Crippen LogP contribution is -2.29. The first kappa shape index (κ1) is 23.9. The van der Waals surface area contributed by atoms with Crippen molar-refractivity contribution in [3.8, 4) is 11.5 Å². The van der Waals surface area contributed by atoms with Crippen LogP contribution in [0.2, 0.25) is 0 Å². The van der Waals surface area contributed by atoms with E-state index in [9.17, 15) is 14.7 Å². The second-order valence-corrected chi connectivity index (χ2v) is 8.53. The Morgan fingerprint density at radius 1 is 0.886 bits per heavy atom. The third-order valence-corrected chi connectivity index (χ3v) is 6.15. The van der Waals surface area contributed by atoms with Crippen molar-refractivity contribution in [2.45, 2.75) is 13.0 Å². The molecule has 0 radical (unpaired) electrons. The van der Waals surface area contributed by atoms with Gasteiger partial charge in [0, 0.05) is 25.5 Å². The average molecular weight is 473 g/mol. The van der Waals surface area contributed by atoms with E-state index in [1.165, 1.54) is 19.1 Å². The molecule has 35 heavy (non-hydrogen) atoms. The third kappa shape index (κ3) is 4.21. The number of aliphatic hydroxyl groups excluding tert-OH is 1. The van der Waals surface area contributed by atoms with E-state index in [0.717, 1.165) is 11.3 Å². The standard InChI is InChI=1S/C28H28N2O5/c1-17-9-13-20(14-10-17)30-25(18-11-15-19(16-12-18)29(2)3)24(27(32)28(30)33)26(31)23-21(34-4)7-6-8-22(23)35-5/h6-16,25,31H,1-5H3/b26-24+. The van der Waals surface area contributed by atoms with Crippen LogP contribution in [-0.4, -0.2) is 45.1 Å². The van der Waals surface area contributed by atoms with Crippen LogP contribution >= 0.6 is 0 Å². The molecule has 0 spiro atoms. The molecule has 3 aromatic carbocycles. The molecule has 0 aromatic heterocycles. The first-order chi connectivity index (χ1) is 16.8. The zero-order valence-corrected chi connectivity index (χ0v) is 20.4. The molecule has 1 amide bonds. The number of nitrogens with zero attached hydrogens (tertiary/aromatic N) is 2. The zero-order chi connectivity index (χ0) is 25.3. The second kappa shape index (κ2) is 9.54. The normalized spacial score (nSPS) is 16.9. The molecule has 4 rings (SSSR count). The summed E-state index contributed by atoms with van der Waals surface area (Å²) in [6.45, 7) is 1.95. The van der Waals surface area contributed by atoms with Gasteiger partial charge < -0.3 is 19.5 Å². The number of aliphatic hydroxyl groups is 1. The van der Waals surface area contributed by atoms with Gasteiger partial charge in [0.1, 0.15) is 22.8 Å². The summed E-state index contributed by atoms with van der Waals surface area (Å²) >= 11 is 0. The molecule has 1 atom stereocenters. The van der Waals surface area contributed by atoms with Crippen molar-refractivity contribution in [1.29, 1.82) is 0 Å². The van der Waals surface area contributed by atoms with Gasteiger partial charge in [0.25, 0.3) is 11.7 Å². The molecule has 1 saturated heterocycles. The Bertz CT molecular complexity index is 1270. The van der Waals surface area contributed by atoms with Crippen LogP contribution in [-0.2, 0) is 9.59 Å². The van der Waals surface area contributed by atoms with Crippen LogP contribution in [0.15, 0.2) is 72.3 Å². The molecule has 0 saturated carbocycles. The van der Waals surface area contributed by atoms with E-state index >= 15 is 0 Å². The van der Waals surface area contributed by atoms with Crippen molar-refractivity contribution >= 4 is 28.8 Å². The Morgan fingerprint density at radius 2 is 1.46 bits per heavy atom. The molecule has 180 valence electrons. The highest BCUT2D eigenvalue weighted by Crippen LogP contribution is 2.45. The van der Waals surface area contributed by atoms with Gasteiger partial charge in [0.2, 0.25) is 0 Å². The lowest BCUT2D eigenvalue weighted by atomic mass is 9.94. The summed E-state index contributed by atoms with van der Waals surface area (Å²) < 4.78 is 10.9. The van der Waals surface area contributed by atoms with Gasteiger partial charge in [-0.05, 0) is 48.9 Å². The molecule has 1 aliphatic rings. The quantitative estimate of drug-likeness (QED) is 0.318. The van der Waals surface area contributed by atoms with Crippen LogP contribution in [0.4, 0.5) is 11.4 Å². The molecule has 1 N–H and O–H groups in total. The van der Waals surface area contributed by atoms with Gasteiger partial charge in [0.15, 0.2) is 0 Å². The number of methoxy groups -OCH3 is 2. The summed E-state index contributed by atoms with van der Waals surface area (Å²) in [5, 5.41) is 11.5. The fourth-order valence-electron chi connectivity index (χ4n) is 4.29. The average Bonchev–Trinajstić information content (AvgIpc) is 3.13. The van der Waals surface area contributed by atoms with E-state index in [2.05, 4.69) is 0 Å². The fourth-order valence-corrected chi connectivity index (χ4v) is 4.29. The minimum Gasteiger partial charge on any atom is -0.506 e. The van der Waals surface area contributed by atoms with E-state index in [0.29, 0.717) is 22.7 Å². The Hall–Kier alpha value is -4.26. The van der Waals surface area contributed by atoms with Crippen molar-refractivity contribution in [3.63, 3.8) is 0 Å². The molecule has 0 bridgehead atoms. The number of ketones is 1. The van der Waals surface area contributed by atoms with Gasteiger partial charge in [-0.2, -0.15) is 0 Å². The largest absolute Gasteiger partial charge is 0.506 e. The summed E-state index contributed by atoms with van der Waals surface area (Å²) in [6.07, 6.45) is 0. The number of hydrogen-bond acceptors (Lipinski definition) is 6. The van der Waals surface area contributed by atoms with E-state index < -0.39 is 17.7 Å². The predicted octanol–water partition coefficient (Wildman–Crippen LogP) is 4.70. The van der Waals surface area contributed by atoms with Crippen molar-refractivity contribution in [2.24, 2.45) is 0 Å². The summed E-state index contributed by atoms with van der Waals surface area (Å²) in [5.41, 5.74) is 3.42. The first-order valence-electron chi connectivity index (χ1n) is 11.1. The molecule has 0 aliphatic carbocycles. The maximum atomic E-state index is 13.4. The number of carbonyl (C=O) groups is 2. The first-order valence-corrected chi connectivity index (χ1v) is 11.1. The highest BCUT2D eigenvalue weighted by molar-refractivity contribution is 6.51. The van der Waals surface area contributed by atoms with Crippen molar-refractivity contribution in [2.75, 3.05) is 38.1 Å². The van der Waals surface area contributed by atoms with Crippen LogP contribution < -0.4 is 19.3 Å². The number of Topliss-reactive ketones (excluding diaryl/α,β-unsaturated/α-hetero) is 1. The van der Waals surface area contributed by atoms with Crippen molar-refractivity contribution in [3.05, 3.63) is 89.0 Å². The number of carbonyl (C=O) groups excluding carboxylic acids is 2. The summed E-state index contributed by atoms with van der Waals surface area (Å²) in [6, 6.07) is 19.1. The number of benzene rings is 3. The van der Waals surface area contributed by atoms with E-state index in [-0.39, 0.29) is 16.9 Å². The van der Waals surface area contributed by atoms with Gasteiger partial charge in [-0.3, -0.25) is 14.5 Å². The Kier molecular flexibility index (Phi) is 6.51. The number of rotatable bonds is 6. The van der Waals surface area contributed by atoms with Crippen LogP contribution in [0.25, 0.3) is 5.76 Å². The molecular weight excluding hydrogens is 444 g/mol. The monoisotopic (exact) mass is 472 g/mol. The summed E-state index contributed by atoms with van der Waals surface area (Å²) in [4.78, 5) is 30.2. The fraction of sp³-hybridized carbons (Fsp3) is 0.214. The highest BCUT2D eigenvalue weighted by Gasteiger charge is 2.47. The molecule has 7 heteroatoms. The Morgan fingerprint density at radius 3 is 1.97 bits per heavy atom. The van der Waals surface area contributed by atoms with Crippen LogP contribution in [0.3, 0.4) is 0 Å². The smallest absolute Gasteiger partial charge is 0.300 e. The highest BCUT2D eigenvalue weighted by atomic mass is 16.5.